The van der Waals surface area contributed by atoms with E-state index in [0.717, 1.165) is 20.7 Å². The Labute approximate surface area is 158 Å². The number of rotatable bonds is 5. The summed E-state index contributed by atoms with van der Waals surface area (Å²) in [5.74, 6) is -0.793. The molecule has 134 valence electrons. The van der Waals surface area contributed by atoms with Gasteiger partial charge in [0.15, 0.2) is 0 Å². The summed E-state index contributed by atoms with van der Waals surface area (Å²) in [7, 11) is 0. The standard InChI is InChI=1S/C20H15N3O3S/c24-18(13-23-20(25)26-19(22-23)17-7-4-12-27-17)21-16-10-8-15(9-11-16)14-5-2-1-3-6-14/h1-12H,13H2,(H,21,24). The van der Waals surface area contributed by atoms with Gasteiger partial charge in [-0.1, -0.05) is 48.5 Å². The minimum atomic E-state index is -0.659. The van der Waals surface area contributed by atoms with Gasteiger partial charge in [-0.15, -0.1) is 16.4 Å². The van der Waals surface area contributed by atoms with Crippen molar-refractivity contribution in [1.82, 2.24) is 9.78 Å². The number of hydrogen-bond donors (Lipinski definition) is 1. The summed E-state index contributed by atoms with van der Waals surface area (Å²) in [5, 5.41) is 8.70. The molecule has 0 aliphatic rings. The fraction of sp³-hybridized carbons (Fsp3) is 0.0500. The first-order valence-electron chi connectivity index (χ1n) is 8.26. The van der Waals surface area contributed by atoms with E-state index in [-0.39, 0.29) is 18.3 Å². The topological polar surface area (TPSA) is 77.1 Å². The van der Waals surface area contributed by atoms with Gasteiger partial charge in [-0.25, -0.2) is 4.79 Å². The minimum absolute atomic E-state index is 0.214. The lowest BCUT2D eigenvalue weighted by Gasteiger charge is -2.06. The Morgan fingerprint density at radius 3 is 2.44 bits per heavy atom. The monoisotopic (exact) mass is 377 g/mol. The van der Waals surface area contributed by atoms with Crippen LogP contribution in [0.3, 0.4) is 0 Å². The Morgan fingerprint density at radius 1 is 1.00 bits per heavy atom. The van der Waals surface area contributed by atoms with Crippen molar-refractivity contribution in [3.8, 4) is 21.9 Å². The van der Waals surface area contributed by atoms with Gasteiger partial charge in [-0.3, -0.25) is 4.79 Å². The van der Waals surface area contributed by atoms with Crippen molar-refractivity contribution in [2.45, 2.75) is 6.54 Å². The molecule has 0 saturated carbocycles. The summed E-state index contributed by atoms with van der Waals surface area (Å²) in [6, 6.07) is 21.1. The maximum Gasteiger partial charge on any atom is 0.437 e. The predicted molar refractivity (Wildman–Crippen MR) is 105 cm³/mol. The second kappa shape index (κ2) is 7.43. The number of carbonyl (C=O) groups excluding carboxylic acids is 1. The summed E-state index contributed by atoms with van der Waals surface area (Å²) in [6.07, 6.45) is 0. The zero-order valence-corrected chi connectivity index (χ0v) is 15.0. The molecule has 0 saturated heterocycles. The van der Waals surface area contributed by atoms with E-state index < -0.39 is 5.76 Å². The minimum Gasteiger partial charge on any atom is -0.387 e. The highest BCUT2D eigenvalue weighted by atomic mass is 32.1. The van der Waals surface area contributed by atoms with E-state index in [9.17, 15) is 9.59 Å². The third-order valence-electron chi connectivity index (χ3n) is 3.91. The normalized spacial score (nSPS) is 10.7. The molecule has 6 nitrogen and oxygen atoms in total. The average molecular weight is 377 g/mol. The van der Waals surface area contributed by atoms with E-state index >= 15 is 0 Å². The van der Waals surface area contributed by atoms with Gasteiger partial charge in [-0.2, -0.15) is 4.68 Å². The van der Waals surface area contributed by atoms with Crippen LogP contribution in [0.2, 0.25) is 0 Å². The molecule has 27 heavy (non-hydrogen) atoms. The van der Waals surface area contributed by atoms with Crippen LogP contribution in [0.4, 0.5) is 5.69 Å². The molecule has 0 radical (unpaired) electrons. The van der Waals surface area contributed by atoms with Crippen LogP contribution in [-0.4, -0.2) is 15.7 Å². The van der Waals surface area contributed by atoms with Crippen molar-refractivity contribution in [2.24, 2.45) is 0 Å². The molecule has 0 aliphatic heterocycles. The molecule has 2 aromatic carbocycles. The number of carbonyl (C=O) groups is 1. The molecular weight excluding hydrogens is 362 g/mol. The summed E-state index contributed by atoms with van der Waals surface area (Å²) >= 11 is 1.41. The first kappa shape index (κ1) is 17.0. The Balaban J connectivity index is 1.43. The van der Waals surface area contributed by atoms with Crippen LogP contribution in [0.1, 0.15) is 0 Å². The van der Waals surface area contributed by atoms with Gasteiger partial charge in [0.05, 0.1) is 4.88 Å². The van der Waals surface area contributed by atoms with Crippen molar-refractivity contribution in [2.75, 3.05) is 5.32 Å². The molecule has 0 spiro atoms. The van der Waals surface area contributed by atoms with E-state index in [1.807, 2.05) is 66.0 Å². The molecule has 0 unspecified atom stereocenters. The fourth-order valence-electron chi connectivity index (χ4n) is 2.62. The van der Waals surface area contributed by atoms with Crippen molar-refractivity contribution in [1.29, 1.82) is 0 Å². The van der Waals surface area contributed by atoms with Gasteiger partial charge >= 0.3 is 5.76 Å². The van der Waals surface area contributed by atoms with Crippen LogP contribution in [0.5, 0.6) is 0 Å². The number of thiophene rings is 1. The highest BCUT2D eigenvalue weighted by Crippen LogP contribution is 2.22. The Morgan fingerprint density at radius 2 is 1.74 bits per heavy atom. The lowest BCUT2D eigenvalue weighted by atomic mass is 10.1. The number of nitrogens with one attached hydrogen (secondary N) is 1. The van der Waals surface area contributed by atoms with Crippen molar-refractivity contribution < 1.29 is 9.21 Å². The SMILES string of the molecule is O=C(Cn1nc(-c2cccs2)oc1=O)Nc1ccc(-c2ccccc2)cc1. The summed E-state index contributed by atoms with van der Waals surface area (Å²) in [4.78, 5) is 24.9. The molecule has 1 N–H and O–H groups in total. The van der Waals surface area contributed by atoms with E-state index in [2.05, 4.69) is 10.4 Å². The maximum atomic E-state index is 12.2. The zero-order valence-electron chi connectivity index (χ0n) is 14.2. The Kier molecular flexibility index (Phi) is 4.67. The number of hydrogen-bond acceptors (Lipinski definition) is 5. The second-order valence-electron chi connectivity index (χ2n) is 5.80. The van der Waals surface area contributed by atoms with Crippen LogP contribution >= 0.6 is 11.3 Å². The lowest BCUT2D eigenvalue weighted by Crippen LogP contribution is -2.25. The molecule has 2 aromatic heterocycles. The number of nitrogens with zero attached hydrogens (tertiary/aromatic N) is 2. The van der Waals surface area contributed by atoms with E-state index in [1.54, 1.807) is 6.07 Å². The van der Waals surface area contributed by atoms with Crippen molar-refractivity contribution in [3.63, 3.8) is 0 Å². The fourth-order valence-corrected chi connectivity index (χ4v) is 3.26. The van der Waals surface area contributed by atoms with Gasteiger partial charge in [0.1, 0.15) is 6.54 Å². The molecule has 1 amide bonds. The summed E-state index contributed by atoms with van der Waals surface area (Å²) in [5.41, 5.74) is 2.81. The Hall–Kier alpha value is -3.45. The second-order valence-corrected chi connectivity index (χ2v) is 6.75. The molecular formula is C20H15N3O3S. The van der Waals surface area contributed by atoms with Gasteiger partial charge < -0.3 is 9.73 Å². The van der Waals surface area contributed by atoms with Crippen LogP contribution < -0.4 is 11.1 Å². The smallest absolute Gasteiger partial charge is 0.387 e. The maximum absolute atomic E-state index is 12.2. The summed E-state index contributed by atoms with van der Waals surface area (Å²) < 4.78 is 6.12. The van der Waals surface area contributed by atoms with Crippen LogP contribution in [-0.2, 0) is 11.3 Å². The van der Waals surface area contributed by atoms with Gasteiger partial charge in [-0.05, 0) is 34.7 Å². The van der Waals surface area contributed by atoms with Crippen molar-refractivity contribution in [3.05, 3.63) is 82.7 Å². The molecule has 4 rings (SSSR count). The summed E-state index contributed by atoms with van der Waals surface area (Å²) in [6.45, 7) is -0.214. The highest BCUT2D eigenvalue weighted by molar-refractivity contribution is 7.13. The van der Waals surface area contributed by atoms with Crippen LogP contribution in [0.15, 0.2) is 81.3 Å². The quantitative estimate of drug-likeness (QED) is 0.573. The molecule has 4 aromatic rings. The number of aromatic nitrogens is 2. The average Bonchev–Trinajstić information content (AvgIpc) is 3.33. The third kappa shape index (κ3) is 3.88. The first-order chi connectivity index (χ1) is 13.2. The lowest BCUT2D eigenvalue weighted by molar-refractivity contribution is -0.117. The molecule has 0 fully saturated rings. The van der Waals surface area contributed by atoms with Crippen LogP contribution in [0.25, 0.3) is 21.9 Å². The van der Waals surface area contributed by atoms with E-state index in [1.165, 1.54) is 11.3 Å². The third-order valence-corrected chi connectivity index (χ3v) is 4.77. The Bertz CT molecular complexity index is 1100. The van der Waals surface area contributed by atoms with Gasteiger partial charge in [0.25, 0.3) is 5.89 Å². The predicted octanol–water partition coefficient (Wildman–Crippen LogP) is 3.87. The molecule has 0 atom stereocenters. The first-order valence-corrected chi connectivity index (χ1v) is 9.14. The van der Waals surface area contributed by atoms with Crippen molar-refractivity contribution >= 4 is 22.9 Å². The number of amides is 1. The zero-order chi connectivity index (χ0) is 18.6. The molecule has 2 heterocycles. The van der Waals surface area contributed by atoms with E-state index in [4.69, 9.17) is 4.42 Å². The number of anilines is 1. The molecule has 0 bridgehead atoms. The van der Waals surface area contributed by atoms with Gasteiger partial charge in [0.2, 0.25) is 5.91 Å². The van der Waals surface area contributed by atoms with Crippen LogP contribution in [0, 0.1) is 0 Å². The van der Waals surface area contributed by atoms with E-state index in [0.29, 0.717) is 5.69 Å². The molecule has 0 aliphatic carbocycles. The largest absolute Gasteiger partial charge is 0.437 e. The van der Waals surface area contributed by atoms with Gasteiger partial charge in [0, 0.05) is 5.69 Å². The number of benzene rings is 2. The molecule has 7 heteroatoms. The highest BCUT2D eigenvalue weighted by Gasteiger charge is 2.14.